The molecule has 2 N–H and O–H groups in total. The first-order chi connectivity index (χ1) is 12.7. The number of hydrazone groups is 1. The van der Waals surface area contributed by atoms with E-state index in [1.54, 1.807) is 30.5 Å². The van der Waals surface area contributed by atoms with E-state index < -0.39 is 0 Å². The molecule has 2 aromatic carbocycles. The van der Waals surface area contributed by atoms with Crippen molar-refractivity contribution >= 4 is 11.6 Å². The van der Waals surface area contributed by atoms with Crippen LogP contribution in [0.4, 0.5) is 0 Å². The van der Waals surface area contributed by atoms with E-state index in [0.717, 1.165) is 5.56 Å². The molecule has 0 radical (unpaired) electrons. The Hall–Kier alpha value is -3.67. The molecule has 1 aromatic heterocycles. The highest BCUT2D eigenvalue weighted by molar-refractivity contribution is 6.15. The SMILES string of the molecule is COc1ccc(C(=NNC(=O)c2cccnc2)c2ccccc2)c(O)c1. The molecule has 0 unspecified atom stereocenters. The van der Waals surface area contributed by atoms with Gasteiger partial charge in [0, 0.05) is 29.6 Å². The fraction of sp³-hybridized carbons (Fsp3) is 0.0500. The molecule has 6 heteroatoms. The number of phenols is 1. The number of rotatable bonds is 5. The molecule has 130 valence electrons. The van der Waals surface area contributed by atoms with Gasteiger partial charge >= 0.3 is 0 Å². The molecule has 0 aliphatic rings. The molecule has 1 amide bonds. The van der Waals surface area contributed by atoms with Crippen LogP contribution >= 0.6 is 0 Å². The number of carbonyl (C=O) groups excluding carboxylic acids is 1. The number of amides is 1. The Morgan fingerprint density at radius 3 is 2.50 bits per heavy atom. The third-order valence-electron chi connectivity index (χ3n) is 3.70. The van der Waals surface area contributed by atoms with Crippen molar-refractivity contribution in [2.24, 2.45) is 5.10 Å². The molecule has 3 aromatic rings. The Morgan fingerprint density at radius 1 is 1.08 bits per heavy atom. The number of aromatic hydroxyl groups is 1. The van der Waals surface area contributed by atoms with Crippen LogP contribution in [0.3, 0.4) is 0 Å². The van der Waals surface area contributed by atoms with E-state index in [0.29, 0.717) is 22.6 Å². The quantitative estimate of drug-likeness (QED) is 0.549. The minimum atomic E-state index is -0.389. The van der Waals surface area contributed by atoms with Gasteiger partial charge in [-0.2, -0.15) is 5.10 Å². The number of phenolic OH excluding ortho intramolecular Hbond substituents is 1. The Morgan fingerprint density at radius 2 is 1.85 bits per heavy atom. The van der Waals surface area contributed by atoms with E-state index in [4.69, 9.17) is 4.74 Å². The lowest BCUT2D eigenvalue weighted by atomic mass is 10.0. The minimum absolute atomic E-state index is 0.00239. The maximum Gasteiger partial charge on any atom is 0.272 e. The van der Waals surface area contributed by atoms with Gasteiger partial charge in [-0.25, -0.2) is 5.43 Å². The number of carbonyl (C=O) groups is 1. The van der Waals surface area contributed by atoms with Crippen molar-refractivity contribution in [1.82, 2.24) is 10.4 Å². The molecule has 1 heterocycles. The van der Waals surface area contributed by atoms with E-state index in [2.05, 4.69) is 15.5 Å². The first-order valence-electron chi connectivity index (χ1n) is 7.90. The Labute approximate surface area is 150 Å². The van der Waals surface area contributed by atoms with Crippen molar-refractivity contribution < 1.29 is 14.6 Å². The highest BCUT2D eigenvalue weighted by Crippen LogP contribution is 2.26. The molecular formula is C20H17N3O3. The van der Waals surface area contributed by atoms with Gasteiger partial charge in [0.25, 0.3) is 5.91 Å². The normalized spacial score (nSPS) is 11.0. The van der Waals surface area contributed by atoms with Gasteiger partial charge in [-0.15, -0.1) is 0 Å². The lowest BCUT2D eigenvalue weighted by molar-refractivity contribution is 0.0954. The Balaban J connectivity index is 1.98. The van der Waals surface area contributed by atoms with Crippen molar-refractivity contribution in [1.29, 1.82) is 0 Å². The summed E-state index contributed by atoms with van der Waals surface area (Å²) in [6, 6.07) is 17.5. The van der Waals surface area contributed by atoms with Crippen LogP contribution in [0.2, 0.25) is 0 Å². The summed E-state index contributed by atoms with van der Waals surface area (Å²) in [5.74, 6) is 0.139. The zero-order valence-corrected chi connectivity index (χ0v) is 14.1. The second-order valence-electron chi connectivity index (χ2n) is 5.39. The highest BCUT2D eigenvalue weighted by atomic mass is 16.5. The van der Waals surface area contributed by atoms with Crippen LogP contribution in [0.15, 0.2) is 78.2 Å². The largest absolute Gasteiger partial charge is 0.507 e. The second kappa shape index (κ2) is 7.94. The van der Waals surface area contributed by atoms with Gasteiger partial charge in [-0.1, -0.05) is 30.3 Å². The van der Waals surface area contributed by atoms with E-state index in [-0.39, 0.29) is 11.7 Å². The Kier molecular flexibility index (Phi) is 5.24. The third kappa shape index (κ3) is 3.87. The number of nitrogens with zero attached hydrogens (tertiary/aromatic N) is 2. The monoisotopic (exact) mass is 347 g/mol. The van der Waals surface area contributed by atoms with Gasteiger partial charge in [0.15, 0.2) is 0 Å². The number of aromatic nitrogens is 1. The molecule has 0 saturated carbocycles. The van der Waals surface area contributed by atoms with Crippen LogP contribution in [0.1, 0.15) is 21.5 Å². The summed E-state index contributed by atoms with van der Waals surface area (Å²) < 4.78 is 5.11. The summed E-state index contributed by atoms with van der Waals surface area (Å²) in [6.07, 6.45) is 3.04. The van der Waals surface area contributed by atoms with Crippen LogP contribution in [0.25, 0.3) is 0 Å². The van der Waals surface area contributed by atoms with Gasteiger partial charge in [0.2, 0.25) is 0 Å². The molecular weight excluding hydrogens is 330 g/mol. The van der Waals surface area contributed by atoms with Crippen LogP contribution < -0.4 is 10.2 Å². The van der Waals surface area contributed by atoms with Gasteiger partial charge in [-0.3, -0.25) is 9.78 Å². The lowest BCUT2D eigenvalue weighted by Gasteiger charge is -2.11. The predicted molar refractivity (Wildman–Crippen MR) is 98.4 cm³/mol. The maximum absolute atomic E-state index is 12.3. The topological polar surface area (TPSA) is 83.8 Å². The van der Waals surface area contributed by atoms with Gasteiger partial charge in [0.05, 0.1) is 12.7 Å². The molecule has 6 nitrogen and oxygen atoms in total. The highest BCUT2D eigenvalue weighted by Gasteiger charge is 2.14. The minimum Gasteiger partial charge on any atom is -0.507 e. The summed E-state index contributed by atoms with van der Waals surface area (Å²) in [4.78, 5) is 16.2. The molecule has 26 heavy (non-hydrogen) atoms. The fourth-order valence-corrected chi connectivity index (χ4v) is 2.38. The van der Waals surface area contributed by atoms with Crippen molar-refractivity contribution in [3.8, 4) is 11.5 Å². The van der Waals surface area contributed by atoms with Crippen LogP contribution in [-0.2, 0) is 0 Å². The summed E-state index contributed by atoms with van der Waals surface area (Å²) >= 11 is 0. The number of pyridine rings is 1. The average Bonchev–Trinajstić information content (AvgIpc) is 2.70. The lowest BCUT2D eigenvalue weighted by Crippen LogP contribution is -2.20. The standard InChI is InChI=1S/C20H17N3O3/c1-26-16-9-10-17(18(24)12-16)19(14-6-3-2-4-7-14)22-23-20(25)15-8-5-11-21-13-15/h2-13,24H,1H3,(H,23,25). The van der Waals surface area contributed by atoms with E-state index >= 15 is 0 Å². The smallest absolute Gasteiger partial charge is 0.272 e. The number of methoxy groups -OCH3 is 1. The van der Waals surface area contributed by atoms with Gasteiger partial charge < -0.3 is 9.84 Å². The molecule has 0 atom stereocenters. The van der Waals surface area contributed by atoms with Crippen molar-refractivity contribution in [2.75, 3.05) is 7.11 Å². The predicted octanol–water partition coefficient (Wildman–Crippen LogP) is 2.98. The van der Waals surface area contributed by atoms with Crippen LogP contribution in [0, 0.1) is 0 Å². The van der Waals surface area contributed by atoms with Crippen LogP contribution in [0.5, 0.6) is 11.5 Å². The number of benzene rings is 2. The number of hydrogen-bond acceptors (Lipinski definition) is 5. The number of ether oxygens (including phenoxy) is 1. The Bertz CT molecular complexity index is 926. The molecule has 0 spiro atoms. The molecule has 0 aliphatic heterocycles. The number of nitrogens with one attached hydrogen (secondary N) is 1. The molecule has 0 saturated heterocycles. The third-order valence-corrected chi connectivity index (χ3v) is 3.70. The first-order valence-corrected chi connectivity index (χ1v) is 7.90. The molecule has 0 bridgehead atoms. The van der Waals surface area contributed by atoms with Crippen LogP contribution in [-0.4, -0.2) is 28.8 Å². The van der Waals surface area contributed by atoms with Crippen molar-refractivity contribution in [2.45, 2.75) is 0 Å². The fourth-order valence-electron chi connectivity index (χ4n) is 2.38. The van der Waals surface area contributed by atoms with E-state index in [1.807, 2.05) is 30.3 Å². The number of hydrogen-bond donors (Lipinski definition) is 2. The summed E-state index contributed by atoms with van der Waals surface area (Å²) in [5.41, 5.74) is 4.57. The maximum atomic E-state index is 12.3. The van der Waals surface area contributed by atoms with Crippen molar-refractivity contribution in [3.63, 3.8) is 0 Å². The van der Waals surface area contributed by atoms with Gasteiger partial charge in [0.1, 0.15) is 17.2 Å². The first kappa shape index (κ1) is 17.2. The van der Waals surface area contributed by atoms with Crippen molar-refractivity contribution in [3.05, 3.63) is 89.7 Å². The summed E-state index contributed by atoms with van der Waals surface area (Å²) in [6.45, 7) is 0. The molecule has 3 rings (SSSR count). The molecule has 0 fully saturated rings. The second-order valence-corrected chi connectivity index (χ2v) is 5.39. The van der Waals surface area contributed by atoms with E-state index in [1.165, 1.54) is 19.4 Å². The summed E-state index contributed by atoms with van der Waals surface area (Å²) in [7, 11) is 1.52. The summed E-state index contributed by atoms with van der Waals surface area (Å²) in [5, 5.41) is 14.6. The molecule has 0 aliphatic carbocycles. The zero-order valence-electron chi connectivity index (χ0n) is 14.1. The van der Waals surface area contributed by atoms with E-state index in [9.17, 15) is 9.90 Å². The van der Waals surface area contributed by atoms with Gasteiger partial charge in [-0.05, 0) is 24.3 Å². The zero-order chi connectivity index (χ0) is 18.4. The average molecular weight is 347 g/mol.